The standard InChI is InChI=1S/C27H31ClFN5O2/c1-3-34(4-2)13-7-10-26(35)33-24-15-20-23(16-25(24)36-19-8-5-6-9-19)30-17-31-27(20)32-18-11-12-22(29)21(28)14-18/h7,10-12,14-17,19H,3-6,8-9,13H2,1-2H3,(H,33,35)(H,30,31,32). The van der Waals surface area contributed by atoms with E-state index < -0.39 is 5.82 Å². The van der Waals surface area contributed by atoms with E-state index in [9.17, 15) is 9.18 Å². The Morgan fingerprint density at radius 2 is 1.97 bits per heavy atom. The van der Waals surface area contributed by atoms with Gasteiger partial charge in [0.15, 0.2) is 0 Å². The maximum absolute atomic E-state index is 13.6. The van der Waals surface area contributed by atoms with Crippen molar-refractivity contribution in [1.29, 1.82) is 0 Å². The van der Waals surface area contributed by atoms with Crippen molar-refractivity contribution in [2.24, 2.45) is 0 Å². The number of amides is 1. The Kier molecular flexibility index (Phi) is 8.72. The Hall–Kier alpha value is -3.23. The van der Waals surface area contributed by atoms with E-state index in [1.54, 1.807) is 12.1 Å². The van der Waals surface area contributed by atoms with E-state index in [2.05, 4.69) is 39.3 Å². The zero-order chi connectivity index (χ0) is 25.5. The van der Waals surface area contributed by atoms with Crippen LogP contribution >= 0.6 is 11.6 Å². The van der Waals surface area contributed by atoms with Crippen LogP contribution in [0.15, 0.2) is 48.8 Å². The number of rotatable bonds is 10. The Morgan fingerprint density at radius 3 is 2.69 bits per heavy atom. The van der Waals surface area contributed by atoms with Crippen molar-refractivity contribution >= 4 is 45.6 Å². The number of fused-ring (bicyclic) bond motifs is 1. The summed E-state index contributed by atoms with van der Waals surface area (Å²) in [6.45, 7) is 6.72. The fraction of sp³-hybridized carbons (Fsp3) is 0.370. The fourth-order valence-corrected chi connectivity index (χ4v) is 4.42. The minimum Gasteiger partial charge on any atom is -0.488 e. The third kappa shape index (κ3) is 6.50. The van der Waals surface area contributed by atoms with Crippen LogP contribution < -0.4 is 15.4 Å². The van der Waals surface area contributed by atoms with Gasteiger partial charge in [0.05, 0.1) is 22.3 Å². The molecule has 4 rings (SSSR count). The van der Waals surface area contributed by atoms with Crippen LogP contribution in [-0.4, -0.2) is 46.5 Å². The highest BCUT2D eigenvalue weighted by Gasteiger charge is 2.20. The van der Waals surface area contributed by atoms with Gasteiger partial charge < -0.3 is 20.3 Å². The van der Waals surface area contributed by atoms with E-state index in [0.29, 0.717) is 40.4 Å². The van der Waals surface area contributed by atoms with Gasteiger partial charge >= 0.3 is 0 Å². The van der Waals surface area contributed by atoms with Crippen LogP contribution in [-0.2, 0) is 4.79 Å². The maximum atomic E-state index is 13.6. The molecule has 1 saturated carbocycles. The van der Waals surface area contributed by atoms with Gasteiger partial charge in [0.25, 0.3) is 0 Å². The first-order chi connectivity index (χ1) is 17.5. The second kappa shape index (κ2) is 12.1. The molecular weight excluding hydrogens is 481 g/mol. The number of hydrogen-bond acceptors (Lipinski definition) is 6. The normalized spacial score (nSPS) is 14.1. The summed E-state index contributed by atoms with van der Waals surface area (Å²) in [6.07, 6.45) is 9.18. The number of carbonyl (C=O) groups is 1. The smallest absolute Gasteiger partial charge is 0.248 e. The van der Waals surface area contributed by atoms with Crippen molar-refractivity contribution in [1.82, 2.24) is 14.9 Å². The molecule has 3 aromatic rings. The summed E-state index contributed by atoms with van der Waals surface area (Å²) in [6, 6.07) is 8.00. The predicted octanol–water partition coefficient (Wildman–Crippen LogP) is 6.32. The second-order valence-electron chi connectivity index (χ2n) is 8.74. The first-order valence-corrected chi connectivity index (χ1v) is 12.7. The van der Waals surface area contributed by atoms with Gasteiger partial charge in [-0.3, -0.25) is 4.79 Å². The minimum absolute atomic E-state index is 0.00932. The van der Waals surface area contributed by atoms with Crippen LogP contribution in [0, 0.1) is 5.82 Å². The lowest BCUT2D eigenvalue weighted by Crippen LogP contribution is -2.23. The highest BCUT2D eigenvalue weighted by atomic mass is 35.5. The molecule has 0 bridgehead atoms. The van der Waals surface area contributed by atoms with Gasteiger partial charge in [0.2, 0.25) is 5.91 Å². The zero-order valence-electron chi connectivity index (χ0n) is 20.6. The van der Waals surface area contributed by atoms with E-state index in [1.165, 1.54) is 18.5 Å². The molecule has 1 heterocycles. The van der Waals surface area contributed by atoms with Gasteiger partial charge in [-0.05, 0) is 63.0 Å². The number of carbonyl (C=O) groups excluding carboxylic acids is 1. The van der Waals surface area contributed by atoms with Gasteiger partial charge in [-0.1, -0.05) is 31.5 Å². The first kappa shape index (κ1) is 25.9. The molecule has 0 atom stereocenters. The topological polar surface area (TPSA) is 79.4 Å². The Bertz CT molecular complexity index is 1240. The third-order valence-corrected chi connectivity index (χ3v) is 6.59. The molecule has 1 aliphatic carbocycles. The molecule has 0 spiro atoms. The zero-order valence-corrected chi connectivity index (χ0v) is 21.3. The molecule has 1 aromatic heterocycles. The first-order valence-electron chi connectivity index (χ1n) is 12.3. The molecule has 2 N–H and O–H groups in total. The second-order valence-corrected chi connectivity index (χ2v) is 9.15. The summed E-state index contributed by atoms with van der Waals surface area (Å²) in [5.41, 5.74) is 1.78. The number of nitrogens with zero attached hydrogens (tertiary/aromatic N) is 3. The van der Waals surface area contributed by atoms with Crippen LogP contribution in [0.1, 0.15) is 39.5 Å². The van der Waals surface area contributed by atoms with Crippen LogP contribution in [0.3, 0.4) is 0 Å². The number of hydrogen-bond donors (Lipinski definition) is 2. The van der Waals surface area contributed by atoms with Gasteiger partial charge in [-0.25, -0.2) is 14.4 Å². The molecule has 1 amide bonds. The Labute approximate surface area is 215 Å². The fourth-order valence-electron chi connectivity index (χ4n) is 4.24. The molecule has 7 nitrogen and oxygen atoms in total. The summed E-state index contributed by atoms with van der Waals surface area (Å²) < 4.78 is 19.9. The van der Waals surface area contributed by atoms with Crippen LogP contribution in [0.4, 0.5) is 21.6 Å². The SMILES string of the molecule is CCN(CC)CC=CC(=O)Nc1cc2c(Nc3ccc(F)c(Cl)c3)ncnc2cc1OC1CCCC1. The summed E-state index contributed by atoms with van der Waals surface area (Å²) in [7, 11) is 0. The molecule has 0 radical (unpaired) electrons. The number of ether oxygens (including phenoxy) is 1. The average Bonchev–Trinajstić information content (AvgIpc) is 3.38. The van der Waals surface area contributed by atoms with E-state index >= 15 is 0 Å². The van der Waals surface area contributed by atoms with Crippen molar-refractivity contribution in [3.8, 4) is 5.75 Å². The number of nitrogens with one attached hydrogen (secondary N) is 2. The highest BCUT2D eigenvalue weighted by molar-refractivity contribution is 6.31. The number of aromatic nitrogens is 2. The van der Waals surface area contributed by atoms with Gasteiger partial charge in [0.1, 0.15) is 23.7 Å². The lowest BCUT2D eigenvalue weighted by molar-refractivity contribution is -0.111. The van der Waals surface area contributed by atoms with E-state index in [4.69, 9.17) is 16.3 Å². The van der Waals surface area contributed by atoms with Crippen molar-refractivity contribution in [2.45, 2.75) is 45.6 Å². The van der Waals surface area contributed by atoms with Crippen molar-refractivity contribution < 1.29 is 13.9 Å². The molecule has 190 valence electrons. The Balaban J connectivity index is 1.64. The lowest BCUT2D eigenvalue weighted by Gasteiger charge is -2.18. The number of halogens is 2. The van der Waals surface area contributed by atoms with Gasteiger partial charge in [0, 0.05) is 29.8 Å². The van der Waals surface area contributed by atoms with Crippen molar-refractivity contribution in [3.05, 3.63) is 59.7 Å². The van der Waals surface area contributed by atoms with E-state index in [-0.39, 0.29) is 17.0 Å². The molecule has 2 aromatic carbocycles. The molecule has 1 aliphatic rings. The molecule has 9 heteroatoms. The quantitative estimate of drug-likeness (QED) is 0.310. The minimum atomic E-state index is -0.498. The summed E-state index contributed by atoms with van der Waals surface area (Å²) in [5, 5.41) is 6.83. The molecule has 0 saturated heterocycles. The number of likely N-dealkylation sites (N-methyl/N-ethyl adjacent to an activating group) is 1. The van der Waals surface area contributed by atoms with Crippen molar-refractivity contribution in [2.75, 3.05) is 30.3 Å². The van der Waals surface area contributed by atoms with Crippen LogP contribution in [0.25, 0.3) is 10.9 Å². The third-order valence-electron chi connectivity index (χ3n) is 6.30. The predicted molar refractivity (Wildman–Crippen MR) is 143 cm³/mol. The molecule has 1 fully saturated rings. The number of anilines is 3. The largest absolute Gasteiger partial charge is 0.488 e. The molecule has 0 aliphatic heterocycles. The Morgan fingerprint density at radius 1 is 1.19 bits per heavy atom. The monoisotopic (exact) mass is 511 g/mol. The van der Waals surface area contributed by atoms with E-state index in [1.807, 2.05) is 18.2 Å². The molecule has 0 unspecified atom stereocenters. The van der Waals surface area contributed by atoms with E-state index in [0.717, 1.165) is 38.8 Å². The summed E-state index contributed by atoms with van der Waals surface area (Å²) in [4.78, 5) is 23.8. The van der Waals surface area contributed by atoms with Crippen molar-refractivity contribution in [3.63, 3.8) is 0 Å². The molecular formula is C27H31ClFN5O2. The van der Waals surface area contributed by atoms with Gasteiger partial charge in [-0.2, -0.15) is 0 Å². The number of benzene rings is 2. The van der Waals surface area contributed by atoms with Crippen LogP contribution in [0.2, 0.25) is 5.02 Å². The summed E-state index contributed by atoms with van der Waals surface area (Å²) in [5.74, 6) is 0.342. The summed E-state index contributed by atoms with van der Waals surface area (Å²) >= 11 is 5.94. The average molecular weight is 512 g/mol. The highest BCUT2D eigenvalue weighted by Crippen LogP contribution is 2.36. The van der Waals surface area contributed by atoms with Gasteiger partial charge in [-0.15, -0.1) is 0 Å². The van der Waals surface area contributed by atoms with Crippen LogP contribution in [0.5, 0.6) is 5.75 Å². The lowest BCUT2D eigenvalue weighted by atomic mass is 10.1. The maximum Gasteiger partial charge on any atom is 0.248 e. The molecule has 36 heavy (non-hydrogen) atoms.